The highest BCUT2D eigenvalue weighted by molar-refractivity contribution is 7.92. The third kappa shape index (κ3) is 4.75. The van der Waals surface area contributed by atoms with Crippen LogP contribution >= 0.6 is 0 Å². The summed E-state index contributed by atoms with van der Waals surface area (Å²) in [6.45, 7) is 6.12. The molecule has 0 saturated carbocycles. The lowest BCUT2D eigenvalue weighted by atomic mass is 10.1. The van der Waals surface area contributed by atoms with E-state index in [9.17, 15) is 27.5 Å². The Bertz CT molecular complexity index is 1650. The van der Waals surface area contributed by atoms with Gasteiger partial charge < -0.3 is 19.4 Å². The van der Waals surface area contributed by atoms with Crippen LogP contribution in [0.5, 0.6) is 0 Å². The Morgan fingerprint density at radius 1 is 1.17 bits per heavy atom. The first-order valence-corrected chi connectivity index (χ1v) is 12.6. The molecule has 4 aromatic rings. The van der Waals surface area contributed by atoms with Gasteiger partial charge in [0.05, 0.1) is 22.4 Å². The molecule has 188 valence electrons. The molecule has 0 radical (unpaired) electrons. The molecule has 4 rings (SSSR count). The van der Waals surface area contributed by atoms with Gasteiger partial charge in [-0.05, 0) is 49.0 Å². The van der Waals surface area contributed by atoms with Gasteiger partial charge in [-0.1, -0.05) is 32.1 Å². The van der Waals surface area contributed by atoms with Gasteiger partial charge in [-0.15, -0.1) is 0 Å². The van der Waals surface area contributed by atoms with Crippen molar-refractivity contribution in [2.45, 2.75) is 18.7 Å². The van der Waals surface area contributed by atoms with Crippen molar-refractivity contribution in [3.63, 3.8) is 0 Å². The molecule has 0 bridgehead atoms. The molecule has 2 aromatic heterocycles. The average Bonchev–Trinajstić information content (AvgIpc) is 3.32. The number of anilines is 1. The Morgan fingerprint density at radius 3 is 2.61 bits per heavy atom. The van der Waals surface area contributed by atoms with Crippen molar-refractivity contribution >= 4 is 49.6 Å². The lowest BCUT2D eigenvalue weighted by Gasteiger charge is -2.16. The summed E-state index contributed by atoms with van der Waals surface area (Å²) in [7, 11) is -4.34. The molecule has 11 heteroatoms. The standard InChI is InChI=1S/C25H24FN3O6S/c1-3-29(4-2)12-5-6-15-14-16(26)7-10-20(15)36(33,34)28-19-9-8-17-18-11-13-35-23(18)24(30)27-22(17)21(19)25(31)32/h5-11,13-14,28H,3-4,12H2,1-2H3,(H,27,30)(H,31,32). The highest BCUT2D eigenvalue weighted by Gasteiger charge is 2.24. The van der Waals surface area contributed by atoms with Crippen LogP contribution in [0, 0.1) is 5.82 Å². The largest absolute Gasteiger partial charge is 0.478 e. The number of fused-ring (bicyclic) bond motifs is 3. The van der Waals surface area contributed by atoms with Crippen LogP contribution in [0.3, 0.4) is 0 Å². The number of pyridine rings is 1. The number of carbonyl (C=O) groups is 1. The molecule has 0 amide bonds. The average molecular weight is 514 g/mol. The van der Waals surface area contributed by atoms with Crippen LogP contribution in [-0.2, 0) is 10.0 Å². The number of hydrogen-bond acceptors (Lipinski definition) is 6. The maximum Gasteiger partial charge on any atom is 0.340 e. The number of sulfonamides is 1. The van der Waals surface area contributed by atoms with E-state index in [-0.39, 0.29) is 27.2 Å². The molecule has 0 unspecified atom stereocenters. The summed E-state index contributed by atoms with van der Waals surface area (Å²) < 4.78 is 48.1. The molecule has 0 fully saturated rings. The zero-order valence-electron chi connectivity index (χ0n) is 19.5. The number of aromatic amines is 1. The number of likely N-dealkylation sites (N-methyl/N-ethyl adjacent to an activating group) is 1. The van der Waals surface area contributed by atoms with Crippen LogP contribution in [0.4, 0.5) is 10.1 Å². The van der Waals surface area contributed by atoms with Gasteiger partial charge in [0, 0.05) is 17.3 Å². The minimum absolute atomic E-state index is 0.0274. The van der Waals surface area contributed by atoms with Crippen molar-refractivity contribution in [1.29, 1.82) is 0 Å². The van der Waals surface area contributed by atoms with Gasteiger partial charge in [0.15, 0.2) is 5.58 Å². The van der Waals surface area contributed by atoms with Gasteiger partial charge in [-0.3, -0.25) is 9.52 Å². The second-order valence-electron chi connectivity index (χ2n) is 8.01. The van der Waals surface area contributed by atoms with Gasteiger partial charge >= 0.3 is 5.97 Å². The van der Waals surface area contributed by atoms with E-state index in [0.717, 1.165) is 31.3 Å². The van der Waals surface area contributed by atoms with E-state index in [1.165, 1.54) is 30.5 Å². The molecule has 0 saturated heterocycles. The first kappa shape index (κ1) is 25.1. The Kier molecular flexibility index (Phi) is 6.95. The predicted molar refractivity (Wildman–Crippen MR) is 135 cm³/mol. The number of halogens is 1. The van der Waals surface area contributed by atoms with Crippen LogP contribution in [0.15, 0.2) is 62.8 Å². The summed E-state index contributed by atoms with van der Waals surface area (Å²) in [5.41, 5.74) is -1.25. The molecule has 0 spiro atoms. The Hall–Kier alpha value is -3.96. The van der Waals surface area contributed by atoms with Crippen molar-refractivity contribution in [2.75, 3.05) is 24.4 Å². The molecule has 36 heavy (non-hydrogen) atoms. The molecular formula is C25H24FN3O6S. The summed E-state index contributed by atoms with van der Waals surface area (Å²) in [6, 6.07) is 7.54. The number of carboxylic acids is 1. The molecule has 9 nitrogen and oxygen atoms in total. The SMILES string of the molecule is CCN(CC)CC=Cc1cc(F)ccc1S(=O)(=O)Nc1ccc2c([nH]c(=O)c3occc32)c1C(=O)O. The van der Waals surface area contributed by atoms with Gasteiger partial charge in [0.1, 0.15) is 11.4 Å². The smallest absolute Gasteiger partial charge is 0.340 e. The molecule has 0 aliphatic heterocycles. The topological polar surface area (TPSA) is 133 Å². The minimum atomic E-state index is -4.34. The van der Waals surface area contributed by atoms with E-state index in [2.05, 4.69) is 14.6 Å². The first-order chi connectivity index (χ1) is 17.2. The molecular weight excluding hydrogens is 489 g/mol. The molecule has 2 heterocycles. The lowest BCUT2D eigenvalue weighted by Crippen LogP contribution is -2.22. The lowest BCUT2D eigenvalue weighted by molar-refractivity contribution is 0.0700. The Labute approximate surface area is 205 Å². The fourth-order valence-electron chi connectivity index (χ4n) is 4.04. The number of nitrogens with one attached hydrogen (secondary N) is 2. The van der Waals surface area contributed by atoms with Crippen molar-refractivity contribution in [3.05, 3.63) is 76.0 Å². The van der Waals surface area contributed by atoms with Gasteiger partial charge in [0.25, 0.3) is 15.6 Å². The van der Waals surface area contributed by atoms with Crippen LogP contribution < -0.4 is 10.3 Å². The Balaban J connectivity index is 1.79. The summed E-state index contributed by atoms with van der Waals surface area (Å²) in [4.78, 5) is 28.9. The Morgan fingerprint density at radius 2 is 1.92 bits per heavy atom. The van der Waals surface area contributed by atoms with Crippen LogP contribution in [0.1, 0.15) is 29.8 Å². The molecule has 2 aromatic carbocycles. The summed E-state index contributed by atoms with van der Waals surface area (Å²) in [5.74, 6) is -2.06. The van der Waals surface area contributed by atoms with Gasteiger partial charge in [-0.25, -0.2) is 17.6 Å². The number of benzene rings is 2. The first-order valence-electron chi connectivity index (χ1n) is 11.2. The van der Waals surface area contributed by atoms with Crippen molar-refractivity contribution in [3.8, 4) is 0 Å². The zero-order valence-corrected chi connectivity index (χ0v) is 20.4. The molecule has 0 aliphatic carbocycles. The van der Waals surface area contributed by atoms with Gasteiger partial charge in [0.2, 0.25) is 0 Å². The number of carboxylic acid groups (broad SMARTS) is 1. The second-order valence-corrected chi connectivity index (χ2v) is 9.66. The summed E-state index contributed by atoms with van der Waals surface area (Å²) in [6.07, 6.45) is 4.56. The van der Waals surface area contributed by atoms with Crippen molar-refractivity contribution in [1.82, 2.24) is 9.88 Å². The zero-order chi connectivity index (χ0) is 26.0. The monoisotopic (exact) mass is 513 g/mol. The van der Waals surface area contributed by atoms with E-state index < -0.39 is 32.9 Å². The number of furan rings is 1. The fraction of sp³-hybridized carbons (Fsp3) is 0.200. The minimum Gasteiger partial charge on any atom is -0.478 e. The number of H-pyrrole nitrogens is 1. The third-order valence-corrected chi connectivity index (χ3v) is 7.32. The number of aromatic nitrogens is 1. The van der Waals surface area contributed by atoms with E-state index in [0.29, 0.717) is 17.3 Å². The fourth-order valence-corrected chi connectivity index (χ4v) is 5.29. The van der Waals surface area contributed by atoms with Crippen LogP contribution in [0.25, 0.3) is 27.9 Å². The van der Waals surface area contributed by atoms with E-state index >= 15 is 0 Å². The van der Waals surface area contributed by atoms with E-state index in [1.807, 2.05) is 13.8 Å². The number of rotatable bonds is 9. The number of nitrogens with zero attached hydrogens (tertiary/aromatic N) is 1. The summed E-state index contributed by atoms with van der Waals surface area (Å²) in [5, 5.41) is 10.7. The quantitative estimate of drug-likeness (QED) is 0.304. The number of hydrogen-bond donors (Lipinski definition) is 3. The highest BCUT2D eigenvalue weighted by Crippen LogP contribution is 2.31. The summed E-state index contributed by atoms with van der Waals surface area (Å²) >= 11 is 0. The van der Waals surface area contributed by atoms with E-state index in [4.69, 9.17) is 4.42 Å². The maximum absolute atomic E-state index is 14.0. The molecule has 0 atom stereocenters. The van der Waals surface area contributed by atoms with Crippen molar-refractivity contribution in [2.24, 2.45) is 0 Å². The van der Waals surface area contributed by atoms with Gasteiger partial charge in [-0.2, -0.15) is 0 Å². The normalized spacial score (nSPS) is 12.2. The molecule has 0 aliphatic rings. The molecule has 3 N–H and O–H groups in total. The third-order valence-electron chi connectivity index (χ3n) is 5.88. The highest BCUT2D eigenvalue weighted by atomic mass is 32.2. The number of aromatic carboxylic acids is 1. The van der Waals surface area contributed by atoms with Crippen LogP contribution in [0.2, 0.25) is 0 Å². The van der Waals surface area contributed by atoms with E-state index in [1.54, 1.807) is 6.08 Å². The second kappa shape index (κ2) is 9.96. The maximum atomic E-state index is 14.0. The predicted octanol–water partition coefficient (Wildman–Crippen LogP) is 4.27. The van der Waals surface area contributed by atoms with Crippen LogP contribution in [-0.4, -0.2) is 49.0 Å². The van der Waals surface area contributed by atoms with Crippen molar-refractivity contribution < 1.29 is 27.1 Å².